The second-order valence-electron chi connectivity index (χ2n) is 6.48. The summed E-state index contributed by atoms with van der Waals surface area (Å²) in [6.45, 7) is 4.13. The molecule has 1 aliphatic heterocycles. The van der Waals surface area contributed by atoms with Crippen molar-refractivity contribution in [1.82, 2.24) is 10.2 Å². The molecule has 1 aromatic heterocycles. The molecule has 1 fully saturated rings. The van der Waals surface area contributed by atoms with Gasteiger partial charge in [-0.05, 0) is 31.3 Å². The third-order valence-corrected chi connectivity index (χ3v) is 5.43. The fraction of sp³-hybridized carbons (Fsp3) is 0.588. The summed E-state index contributed by atoms with van der Waals surface area (Å²) in [7, 11) is 0. The minimum absolute atomic E-state index is 0.0392. The number of aldehydes is 1. The number of H-pyrrole nitrogens is 1. The molecule has 2 aliphatic rings. The first-order chi connectivity index (χ1) is 10.6. The smallest absolute Gasteiger partial charge is 0.312 e. The largest absolute Gasteiger partial charge is 0.458 e. The van der Waals surface area contributed by atoms with Crippen molar-refractivity contribution in [2.75, 3.05) is 0 Å². The quantitative estimate of drug-likeness (QED) is 0.684. The van der Waals surface area contributed by atoms with Crippen LogP contribution >= 0.6 is 0 Å². The summed E-state index contributed by atoms with van der Waals surface area (Å²) >= 11 is 0. The molecular formula is C17H22N2O3. The van der Waals surface area contributed by atoms with Crippen LogP contribution < -0.4 is 0 Å². The molecule has 0 amide bonds. The first kappa shape index (κ1) is 15.0. The maximum atomic E-state index is 12.3. The number of nitrogens with one attached hydrogen (secondary N) is 1. The van der Waals surface area contributed by atoms with E-state index < -0.39 is 0 Å². The summed E-state index contributed by atoms with van der Waals surface area (Å²) in [5, 5.41) is 6.91. The Labute approximate surface area is 130 Å². The van der Waals surface area contributed by atoms with Crippen LogP contribution in [0.25, 0.3) is 5.57 Å². The second kappa shape index (κ2) is 5.38. The molecule has 1 saturated heterocycles. The number of carbonyl (C=O) groups is 2. The number of aromatic nitrogens is 2. The zero-order chi connectivity index (χ0) is 15.8. The minimum atomic E-state index is -0.357. The zero-order valence-corrected chi connectivity index (χ0v) is 13.1. The number of hydrogen-bond donors (Lipinski definition) is 1. The summed E-state index contributed by atoms with van der Waals surface area (Å²) in [5.74, 6) is -0.0392. The highest BCUT2D eigenvalue weighted by Crippen LogP contribution is 2.51. The van der Waals surface area contributed by atoms with Gasteiger partial charge in [0, 0.05) is 19.0 Å². The number of nitrogens with zero attached hydrogens (tertiary/aromatic N) is 1. The van der Waals surface area contributed by atoms with Crippen LogP contribution in [0.4, 0.5) is 0 Å². The Morgan fingerprint density at radius 1 is 1.41 bits per heavy atom. The monoisotopic (exact) mass is 302 g/mol. The van der Waals surface area contributed by atoms with Crippen LogP contribution in [0.3, 0.4) is 0 Å². The van der Waals surface area contributed by atoms with E-state index in [2.05, 4.69) is 30.1 Å². The van der Waals surface area contributed by atoms with Gasteiger partial charge in [-0.1, -0.05) is 19.9 Å². The Morgan fingerprint density at radius 3 is 2.73 bits per heavy atom. The Morgan fingerprint density at radius 2 is 2.18 bits per heavy atom. The lowest BCUT2D eigenvalue weighted by Crippen LogP contribution is -2.31. The summed E-state index contributed by atoms with van der Waals surface area (Å²) in [4.78, 5) is 23.4. The average molecular weight is 302 g/mol. The van der Waals surface area contributed by atoms with Gasteiger partial charge in [-0.2, -0.15) is 5.10 Å². The van der Waals surface area contributed by atoms with E-state index >= 15 is 0 Å². The summed E-state index contributed by atoms with van der Waals surface area (Å²) in [6.07, 6.45) is 9.27. The van der Waals surface area contributed by atoms with Crippen molar-refractivity contribution in [3.05, 3.63) is 23.5 Å². The highest BCUT2D eigenvalue weighted by atomic mass is 16.6. The second-order valence-corrected chi connectivity index (χ2v) is 6.48. The maximum absolute atomic E-state index is 12.3. The molecule has 5 heteroatoms. The number of rotatable bonds is 4. The van der Waals surface area contributed by atoms with Crippen molar-refractivity contribution < 1.29 is 14.3 Å². The lowest BCUT2D eigenvalue weighted by molar-refractivity contribution is -0.154. The lowest BCUT2D eigenvalue weighted by atomic mass is 9.72. The normalized spacial score (nSPS) is 26.8. The third-order valence-electron chi connectivity index (χ3n) is 5.43. The van der Waals surface area contributed by atoms with Crippen LogP contribution in [0.15, 0.2) is 12.3 Å². The van der Waals surface area contributed by atoms with Gasteiger partial charge in [0.05, 0.1) is 16.7 Å². The van der Waals surface area contributed by atoms with Crippen molar-refractivity contribution in [2.24, 2.45) is 5.41 Å². The molecule has 1 spiro atoms. The highest BCUT2D eigenvalue weighted by molar-refractivity contribution is 5.84. The van der Waals surface area contributed by atoms with E-state index in [1.54, 1.807) is 6.20 Å². The predicted molar refractivity (Wildman–Crippen MR) is 82.3 cm³/mol. The Kier molecular flexibility index (Phi) is 3.67. The van der Waals surface area contributed by atoms with E-state index in [9.17, 15) is 9.59 Å². The van der Waals surface area contributed by atoms with Gasteiger partial charge in [-0.25, -0.2) is 0 Å². The molecule has 0 saturated carbocycles. The van der Waals surface area contributed by atoms with Crippen molar-refractivity contribution in [2.45, 2.75) is 58.0 Å². The van der Waals surface area contributed by atoms with Crippen LogP contribution in [0.2, 0.25) is 0 Å². The molecule has 1 aliphatic carbocycles. The van der Waals surface area contributed by atoms with Crippen molar-refractivity contribution in [3.8, 4) is 0 Å². The van der Waals surface area contributed by atoms with Gasteiger partial charge in [0.25, 0.3) is 0 Å². The van der Waals surface area contributed by atoms with Gasteiger partial charge in [-0.15, -0.1) is 0 Å². The molecule has 1 aromatic rings. The van der Waals surface area contributed by atoms with E-state index in [0.29, 0.717) is 12.0 Å². The van der Waals surface area contributed by atoms with Gasteiger partial charge < -0.3 is 4.74 Å². The molecule has 5 nitrogen and oxygen atoms in total. The zero-order valence-electron chi connectivity index (χ0n) is 13.1. The van der Waals surface area contributed by atoms with Crippen molar-refractivity contribution >= 4 is 17.8 Å². The number of esters is 1. The molecule has 1 atom stereocenters. The SMILES string of the molecule is CCC1(CC)CC2(CC=C(c3n[nH]cc3C=O)CC2)OC1=O. The number of hydrogen-bond acceptors (Lipinski definition) is 4. The molecule has 118 valence electrons. The summed E-state index contributed by atoms with van der Waals surface area (Å²) < 4.78 is 5.83. The summed E-state index contributed by atoms with van der Waals surface area (Å²) in [6, 6.07) is 0. The van der Waals surface area contributed by atoms with Crippen LogP contribution in [-0.2, 0) is 9.53 Å². The van der Waals surface area contributed by atoms with Crippen LogP contribution in [0.5, 0.6) is 0 Å². The van der Waals surface area contributed by atoms with Crippen LogP contribution in [0.1, 0.15) is 68.4 Å². The van der Waals surface area contributed by atoms with E-state index in [1.807, 2.05) is 0 Å². The van der Waals surface area contributed by atoms with E-state index in [0.717, 1.165) is 49.7 Å². The number of aromatic amines is 1. The average Bonchev–Trinajstić information content (AvgIpc) is 3.11. The maximum Gasteiger partial charge on any atom is 0.312 e. The van der Waals surface area contributed by atoms with Gasteiger partial charge in [-0.3, -0.25) is 14.7 Å². The van der Waals surface area contributed by atoms with Gasteiger partial charge >= 0.3 is 5.97 Å². The third kappa shape index (κ3) is 2.19. The lowest BCUT2D eigenvalue weighted by Gasteiger charge is -2.32. The Bertz CT molecular complexity index is 628. The van der Waals surface area contributed by atoms with E-state index in [1.165, 1.54) is 0 Å². The predicted octanol–water partition coefficient (Wildman–Crippen LogP) is 3.28. The van der Waals surface area contributed by atoms with Crippen molar-refractivity contribution in [3.63, 3.8) is 0 Å². The molecule has 1 N–H and O–H groups in total. The van der Waals surface area contributed by atoms with E-state index in [4.69, 9.17) is 4.74 Å². The molecule has 0 aromatic carbocycles. The summed E-state index contributed by atoms with van der Waals surface area (Å²) in [5.41, 5.74) is 1.71. The Hall–Kier alpha value is -1.91. The molecule has 2 heterocycles. The van der Waals surface area contributed by atoms with Crippen molar-refractivity contribution in [1.29, 1.82) is 0 Å². The molecule has 22 heavy (non-hydrogen) atoms. The molecule has 0 bridgehead atoms. The number of carbonyl (C=O) groups excluding carboxylic acids is 2. The molecule has 0 radical (unpaired) electrons. The topological polar surface area (TPSA) is 72.1 Å². The number of allylic oxidation sites excluding steroid dienone is 1. The standard InChI is InChI=1S/C17H22N2O3/c1-3-16(4-2)11-17(22-15(16)21)7-5-12(6-8-17)14-13(10-20)9-18-19-14/h5,9-10H,3-4,6-8,11H2,1-2H3,(H,18,19). The minimum Gasteiger partial charge on any atom is -0.458 e. The first-order valence-corrected chi connectivity index (χ1v) is 8.00. The van der Waals surface area contributed by atoms with E-state index in [-0.39, 0.29) is 17.0 Å². The highest BCUT2D eigenvalue weighted by Gasteiger charge is 2.54. The fourth-order valence-electron chi connectivity index (χ4n) is 3.81. The van der Waals surface area contributed by atoms with Gasteiger partial charge in [0.15, 0.2) is 6.29 Å². The van der Waals surface area contributed by atoms with Crippen LogP contribution in [-0.4, -0.2) is 28.1 Å². The van der Waals surface area contributed by atoms with Crippen LogP contribution in [0, 0.1) is 5.41 Å². The fourth-order valence-corrected chi connectivity index (χ4v) is 3.81. The molecule has 3 rings (SSSR count). The molecular weight excluding hydrogens is 280 g/mol. The Balaban J connectivity index is 1.82. The van der Waals surface area contributed by atoms with Gasteiger partial charge in [0.2, 0.25) is 0 Å². The molecule has 1 unspecified atom stereocenters. The van der Waals surface area contributed by atoms with Gasteiger partial charge in [0.1, 0.15) is 5.60 Å². The number of ether oxygens (including phenoxy) is 1. The first-order valence-electron chi connectivity index (χ1n) is 8.00.